The predicted octanol–water partition coefficient (Wildman–Crippen LogP) is 2.09. The van der Waals surface area contributed by atoms with Gasteiger partial charge in [-0.2, -0.15) is 0 Å². The van der Waals surface area contributed by atoms with Crippen molar-refractivity contribution in [1.29, 1.82) is 0 Å². The summed E-state index contributed by atoms with van der Waals surface area (Å²) in [4.78, 5) is 6.69. The molecule has 1 aliphatic rings. The molecule has 1 saturated carbocycles. The first-order valence-electron chi connectivity index (χ1n) is 7.39. The number of nitrogens with zero attached hydrogens (tertiary/aromatic N) is 2. The monoisotopic (exact) mass is 406 g/mol. The van der Waals surface area contributed by atoms with Crippen LogP contribution in [0.3, 0.4) is 0 Å². The number of hydrogen-bond donors (Lipinski definition) is 2. The van der Waals surface area contributed by atoms with Gasteiger partial charge >= 0.3 is 0 Å². The van der Waals surface area contributed by atoms with E-state index in [1.807, 2.05) is 12.1 Å². The van der Waals surface area contributed by atoms with Gasteiger partial charge in [0.15, 0.2) is 5.96 Å². The first-order valence-corrected chi connectivity index (χ1v) is 7.39. The highest BCUT2D eigenvalue weighted by Crippen LogP contribution is 2.26. The highest BCUT2D eigenvalue weighted by Gasteiger charge is 2.28. The van der Waals surface area contributed by atoms with Gasteiger partial charge in [-0.05, 0) is 38.9 Å². The molecule has 0 amide bonds. The summed E-state index contributed by atoms with van der Waals surface area (Å²) in [6.07, 6.45) is 5.26. The van der Waals surface area contributed by atoms with Crippen molar-refractivity contribution in [2.45, 2.75) is 38.3 Å². The molecule has 2 N–H and O–H groups in total. The van der Waals surface area contributed by atoms with Crippen LogP contribution in [0.25, 0.3) is 0 Å². The van der Waals surface area contributed by atoms with Crippen molar-refractivity contribution in [3.63, 3.8) is 0 Å². The molecule has 0 radical (unpaired) electrons. The number of likely N-dealkylation sites (N-methyl/N-ethyl adjacent to an activating group) is 1. The summed E-state index contributed by atoms with van der Waals surface area (Å²) in [6, 6.07) is 5.22. The number of hydrogen-bond acceptors (Lipinski definition) is 3. The third-order valence-corrected chi connectivity index (χ3v) is 3.85. The van der Waals surface area contributed by atoms with Gasteiger partial charge in [-0.1, -0.05) is 0 Å². The van der Waals surface area contributed by atoms with Gasteiger partial charge in [0, 0.05) is 38.6 Å². The SMILES string of the molecule is CN=C(NCCc1ccco1)NCC(C)N(C)C1CC1.I. The molecule has 0 bridgehead atoms. The molecule has 1 aromatic heterocycles. The zero-order chi connectivity index (χ0) is 14.4. The molecule has 1 aliphatic carbocycles. The van der Waals surface area contributed by atoms with Crippen molar-refractivity contribution in [3.8, 4) is 0 Å². The minimum absolute atomic E-state index is 0. The van der Waals surface area contributed by atoms with Crippen LogP contribution in [0.15, 0.2) is 27.8 Å². The maximum atomic E-state index is 5.30. The van der Waals surface area contributed by atoms with Crippen LogP contribution in [0, 0.1) is 0 Å². The first kappa shape index (κ1) is 18.3. The van der Waals surface area contributed by atoms with Crippen LogP contribution >= 0.6 is 24.0 Å². The van der Waals surface area contributed by atoms with Crippen molar-refractivity contribution in [3.05, 3.63) is 24.2 Å². The fraction of sp³-hybridized carbons (Fsp3) is 0.667. The molecule has 1 aromatic rings. The van der Waals surface area contributed by atoms with Crippen molar-refractivity contribution in [1.82, 2.24) is 15.5 Å². The Morgan fingerprint density at radius 1 is 1.48 bits per heavy atom. The van der Waals surface area contributed by atoms with E-state index in [1.54, 1.807) is 13.3 Å². The molecule has 0 aliphatic heterocycles. The highest BCUT2D eigenvalue weighted by molar-refractivity contribution is 14.0. The van der Waals surface area contributed by atoms with Gasteiger partial charge < -0.3 is 15.1 Å². The molecule has 0 saturated heterocycles. The summed E-state index contributed by atoms with van der Waals surface area (Å²) in [5.41, 5.74) is 0. The third kappa shape index (κ3) is 6.25. The molecule has 120 valence electrons. The van der Waals surface area contributed by atoms with E-state index in [1.165, 1.54) is 12.8 Å². The molecule has 1 atom stereocenters. The number of aliphatic imine (C=N–C) groups is 1. The minimum Gasteiger partial charge on any atom is -0.469 e. The summed E-state index contributed by atoms with van der Waals surface area (Å²) in [6.45, 7) is 3.98. The lowest BCUT2D eigenvalue weighted by molar-refractivity contribution is 0.247. The number of guanidine groups is 1. The van der Waals surface area contributed by atoms with Crippen LogP contribution in [0.2, 0.25) is 0 Å². The quantitative estimate of drug-likeness (QED) is 0.414. The van der Waals surface area contributed by atoms with Gasteiger partial charge in [0.1, 0.15) is 5.76 Å². The van der Waals surface area contributed by atoms with Crippen molar-refractivity contribution in [2.24, 2.45) is 4.99 Å². The Hall–Kier alpha value is -0.760. The normalized spacial score (nSPS) is 16.5. The maximum Gasteiger partial charge on any atom is 0.191 e. The number of furan rings is 1. The first-order chi connectivity index (χ1) is 9.70. The smallest absolute Gasteiger partial charge is 0.191 e. The van der Waals surface area contributed by atoms with Crippen LogP contribution in [-0.2, 0) is 6.42 Å². The lowest BCUT2D eigenvalue weighted by Gasteiger charge is -2.25. The van der Waals surface area contributed by atoms with E-state index < -0.39 is 0 Å². The van der Waals surface area contributed by atoms with Gasteiger partial charge in [-0.25, -0.2) is 0 Å². The Morgan fingerprint density at radius 2 is 2.24 bits per heavy atom. The van der Waals surface area contributed by atoms with E-state index in [0.717, 1.165) is 37.3 Å². The Balaban J connectivity index is 0.00000220. The van der Waals surface area contributed by atoms with Crippen LogP contribution in [0.1, 0.15) is 25.5 Å². The average Bonchev–Trinajstić information content (AvgIpc) is 3.18. The van der Waals surface area contributed by atoms with E-state index in [2.05, 4.69) is 34.5 Å². The van der Waals surface area contributed by atoms with Crippen LogP contribution in [0.4, 0.5) is 0 Å². The van der Waals surface area contributed by atoms with Gasteiger partial charge in [0.25, 0.3) is 0 Å². The maximum absolute atomic E-state index is 5.30. The Kier molecular flexibility index (Phi) is 8.10. The van der Waals surface area contributed by atoms with Gasteiger partial charge in [-0.3, -0.25) is 9.89 Å². The molecular weight excluding hydrogens is 379 g/mol. The zero-order valence-electron chi connectivity index (χ0n) is 13.1. The molecule has 21 heavy (non-hydrogen) atoms. The Morgan fingerprint density at radius 3 is 2.81 bits per heavy atom. The molecule has 1 fully saturated rings. The largest absolute Gasteiger partial charge is 0.469 e. The molecule has 0 spiro atoms. The molecule has 1 heterocycles. The van der Waals surface area contributed by atoms with E-state index in [9.17, 15) is 0 Å². The summed E-state index contributed by atoms with van der Waals surface area (Å²) in [5, 5.41) is 6.69. The second kappa shape index (κ2) is 9.30. The fourth-order valence-corrected chi connectivity index (χ4v) is 2.21. The van der Waals surface area contributed by atoms with Gasteiger partial charge in [-0.15, -0.1) is 24.0 Å². The number of nitrogens with one attached hydrogen (secondary N) is 2. The standard InChI is InChI=1S/C15H26N4O.HI/c1-12(19(3)13-6-7-13)11-18-15(16-2)17-9-8-14-5-4-10-20-14;/h4-5,10,12-13H,6-9,11H2,1-3H3,(H2,16,17,18);1H. The van der Waals surface area contributed by atoms with Crippen LogP contribution < -0.4 is 10.6 Å². The highest BCUT2D eigenvalue weighted by atomic mass is 127. The molecule has 0 aromatic carbocycles. The van der Waals surface area contributed by atoms with Gasteiger partial charge in [0.05, 0.1) is 6.26 Å². The van der Waals surface area contributed by atoms with E-state index >= 15 is 0 Å². The van der Waals surface area contributed by atoms with Crippen molar-refractivity contribution < 1.29 is 4.42 Å². The molecular formula is C15H27IN4O. The van der Waals surface area contributed by atoms with Crippen molar-refractivity contribution >= 4 is 29.9 Å². The minimum atomic E-state index is 0. The van der Waals surface area contributed by atoms with Crippen molar-refractivity contribution in [2.75, 3.05) is 27.2 Å². The number of rotatable bonds is 7. The Labute approximate surface area is 144 Å². The molecule has 1 unspecified atom stereocenters. The summed E-state index contributed by atoms with van der Waals surface area (Å²) in [7, 11) is 4.01. The topological polar surface area (TPSA) is 52.8 Å². The summed E-state index contributed by atoms with van der Waals surface area (Å²) < 4.78 is 5.30. The zero-order valence-corrected chi connectivity index (χ0v) is 15.5. The van der Waals surface area contributed by atoms with Gasteiger partial charge in [0.2, 0.25) is 0 Å². The average molecular weight is 406 g/mol. The predicted molar refractivity (Wildman–Crippen MR) is 97.4 cm³/mol. The van der Waals surface area contributed by atoms with E-state index in [4.69, 9.17) is 4.42 Å². The second-order valence-electron chi connectivity index (χ2n) is 5.45. The molecule has 6 heteroatoms. The Bertz CT molecular complexity index is 417. The number of halogens is 1. The van der Waals surface area contributed by atoms with E-state index in [0.29, 0.717) is 6.04 Å². The lowest BCUT2D eigenvalue weighted by atomic mass is 10.3. The lowest BCUT2D eigenvalue weighted by Crippen LogP contribution is -2.45. The molecule has 5 nitrogen and oxygen atoms in total. The fourth-order valence-electron chi connectivity index (χ4n) is 2.21. The third-order valence-electron chi connectivity index (χ3n) is 3.85. The molecule has 2 rings (SSSR count). The summed E-state index contributed by atoms with van der Waals surface area (Å²) in [5.74, 6) is 1.85. The van der Waals surface area contributed by atoms with E-state index in [-0.39, 0.29) is 24.0 Å². The second-order valence-corrected chi connectivity index (χ2v) is 5.45. The summed E-state index contributed by atoms with van der Waals surface area (Å²) >= 11 is 0. The van der Waals surface area contributed by atoms with Crippen LogP contribution in [-0.4, -0.2) is 50.1 Å². The van der Waals surface area contributed by atoms with Crippen LogP contribution in [0.5, 0.6) is 0 Å².